The maximum absolute atomic E-state index is 9.97. The van der Waals surface area contributed by atoms with Gasteiger partial charge in [0.2, 0.25) is 13.1 Å². The maximum Gasteiger partial charge on any atom is 0.228 e. The zero-order valence-corrected chi connectivity index (χ0v) is 10.7. The summed E-state index contributed by atoms with van der Waals surface area (Å²) in [6.45, 7) is -0.165. The van der Waals surface area contributed by atoms with Crippen LogP contribution in [0.2, 0.25) is 0 Å². The Bertz CT molecular complexity index is 492. The summed E-state index contributed by atoms with van der Waals surface area (Å²) >= 11 is 0. The number of nitrogens with zero attached hydrogens (tertiary/aromatic N) is 2. The van der Waals surface area contributed by atoms with Crippen LogP contribution in [-0.2, 0) is 13.1 Å². The van der Waals surface area contributed by atoms with Gasteiger partial charge in [0, 0.05) is 21.0 Å². The van der Waals surface area contributed by atoms with E-state index in [4.69, 9.17) is 0 Å². The van der Waals surface area contributed by atoms with Gasteiger partial charge in [0.1, 0.15) is 0 Å². The lowest BCUT2D eigenvalue weighted by Gasteiger charge is -1.90. The summed E-state index contributed by atoms with van der Waals surface area (Å²) in [5.74, 6) is 0. The zero-order valence-electron chi connectivity index (χ0n) is 10.7. The summed E-state index contributed by atoms with van der Waals surface area (Å²) in [5, 5.41) is 19.9. The van der Waals surface area contributed by atoms with Crippen molar-refractivity contribution in [2.75, 3.05) is 0 Å². The van der Waals surface area contributed by atoms with Gasteiger partial charge < -0.3 is 0 Å². The fraction of sp³-hybridized carbons (Fsp3) is 0.143. The molecule has 0 radical (unpaired) electrons. The van der Waals surface area contributed by atoms with E-state index in [0.29, 0.717) is 0 Å². The highest BCUT2D eigenvalue weighted by atomic mass is 16.6. The largest absolute Gasteiger partial charge is 0.264 e. The normalized spacial score (nSPS) is 9.20. The molecule has 0 amide bonds. The van der Waals surface area contributed by atoms with Crippen molar-refractivity contribution in [1.82, 2.24) is 0 Å². The molecule has 0 N–H and O–H groups in total. The Balaban J connectivity index is 0.000000200. The Hall–Kier alpha value is -2.76. The Morgan fingerprint density at radius 2 is 0.950 bits per heavy atom. The Labute approximate surface area is 116 Å². The molecule has 0 aliphatic rings. The highest BCUT2D eigenvalue weighted by Gasteiger charge is 1.97. The van der Waals surface area contributed by atoms with Crippen LogP contribution in [0.5, 0.6) is 0 Å². The molecule has 6 heteroatoms. The molecule has 6 nitrogen and oxygen atoms in total. The minimum absolute atomic E-state index is 0.0825. The van der Waals surface area contributed by atoms with Crippen molar-refractivity contribution in [2.24, 2.45) is 0 Å². The first-order chi connectivity index (χ1) is 9.58. The first kappa shape index (κ1) is 15.3. The van der Waals surface area contributed by atoms with Gasteiger partial charge in [-0.25, -0.2) is 0 Å². The minimum Gasteiger partial charge on any atom is -0.264 e. The standard InChI is InChI=1S/2C7H7NO2/c2*9-8(10)6-7-4-2-1-3-5-7/h2*1-5H,6H2. The molecule has 0 unspecified atom stereocenters. The zero-order chi connectivity index (χ0) is 14.8. The number of hydrogen-bond donors (Lipinski definition) is 0. The van der Waals surface area contributed by atoms with E-state index in [2.05, 4.69) is 0 Å². The lowest BCUT2D eigenvalue weighted by atomic mass is 10.2. The maximum atomic E-state index is 9.97. The summed E-state index contributed by atoms with van der Waals surface area (Å²) < 4.78 is 0. The van der Waals surface area contributed by atoms with Gasteiger partial charge in [-0.1, -0.05) is 60.7 Å². The summed E-state index contributed by atoms with van der Waals surface area (Å²) in [6, 6.07) is 17.8. The number of hydrogen-bond acceptors (Lipinski definition) is 4. The van der Waals surface area contributed by atoms with Crippen LogP contribution < -0.4 is 0 Å². The van der Waals surface area contributed by atoms with Gasteiger partial charge in [-0.15, -0.1) is 0 Å². The smallest absolute Gasteiger partial charge is 0.228 e. The van der Waals surface area contributed by atoms with Crippen LogP contribution in [0.25, 0.3) is 0 Å². The molecule has 0 aromatic heterocycles. The molecular formula is C14H14N2O4. The molecule has 0 aliphatic carbocycles. The number of rotatable bonds is 4. The van der Waals surface area contributed by atoms with E-state index in [9.17, 15) is 20.2 Å². The second-order valence-corrected chi connectivity index (χ2v) is 3.95. The van der Waals surface area contributed by atoms with Gasteiger partial charge in [-0.3, -0.25) is 20.2 Å². The molecule has 0 spiro atoms. The van der Waals surface area contributed by atoms with E-state index in [1.165, 1.54) is 0 Å². The van der Waals surface area contributed by atoms with E-state index in [1.807, 2.05) is 12.1 Å². The fourth-order valence-electron chi connectivity index (χ4n) is 1.46. The third-order valence-corrected chi connectivity index (χ3v) is 2.31. The van der Waals surface area contributed by atoms with Crippen LogP contribution >= 0.6 is 0 Å². The second-order valence-electron chi connectivity index (χ2n) is 3.95. The molecule has 2 aromatic carbocycles. The number of benzene rings is 2. The summed E-state index contributed by atoms with van der Waals surface area (Å²) in [5.41, 5.74) is 1.49. The minimum atomic E-state index is -0.338. The van der Waals surface area contributed by atoms with Gasteiger partial charge in [-0.05, 0) is 0 Å². The summed E-state index contributed by atoms with van der Waals surface area (Å²) in [4.78, 5) is 19.3. The van der Waals surface area contributed by atoms with Crippen LogP contribution in [0.15, 0.2) is 60.7 Å². The van der Waals surface area contributed by atoms with E-state index in [0.717, 1.165) is 11.1 Å². The first-order valence-corrected chi connectivity index (χ1v) is 5.89. The van der Waals surface area contributed by atoms with Crippen molar-refractivity contribution in [1.29, 1.82) is 0 Å². The molecule has 0 aliphatic heterocycles. The Kier molecular flexibility index (Phi) is 6.40. The van der Waals surface area contributed by atoms with Crippen molar-refractivity contribution in [3.8, 4) is 0 Å². The average Bonchev–Trinajstić information content (AvgIpc) is 2.40. The highest BCUT2D eigenvalue weighted by Crippen LogP contribution is 1.99. The van der Waals surface area contributed by atoms with Crippen LogP contribution in [0.4, 0.5) is 0 Å². The lowest BCUT2D eigenvalue weighted by molar-refractivity contribution is -0.496. The van der Waals surface area contributed by atoms with Crippen LogP contribution in [0.1, 0.15) is 11.1 Å². The SMILES string of the molecule is O=[N+]([O-])Cc1ccccc1.O=[N+]([O-])Cc1ccccc1. The average molecular weight is 274 g/mol. The monoisotopic (exact) mass is 274 g/mol. The van der Waals surface area contributed by atoms with Gasteiger partial charge in [0.15, 0.2) is 0 Å². The summed E-state index contributed by atoms with van der Waals surface area (Å²) in [7, 11) is 0. The third-order valence-electron chi connectivity index (χ3n) is 2.31. The predicted octanol–water partition coefficient (Wildman–Crippen LogP) is 2.93. The van der Waals surface area contributed by atoms with Crippen molar-refractivity contribution in [2.45, 2.75) is 13.1 Å². The second kappa shape index (κ2) is 8.36. The molecule has 0 atom stereocenters. The van der Waals surface area contributed by atoms with Crippen molar-refractivity contribution < 1.29 is 9.85 Å². The van der Waals surface area contributed by atoms with Gasteiger partial charge in [0.05, 0.1) is 0 Å². The van der Waals surface area contributed by atoms with Crippen molar-refractivity contribution in [3.63, 3.8) is 0 Å². The summed E-state index contributed by atoms with van der Waals surface area (Å²) in [6.07, 6.45) is 0. The Morgan fingerprint density at radius 1 is 0.650 bits per heavy atom. The van der Waals surface area contributed by atoms with Gasteiger partial charge in [0.25, 0.3) is 0 Å². The molecule has 0 bridgehead atoms. The van der Waals surface area contributed by atoms with Gasteiger partial charge in [-0.2, -0.15) is 0 Å². The van der Waals surface area contributed by atoms with Crippen LogP contribution in [0.3, 0.4) is 0 Å². The topological polar surface area (TPSA) is 86.3 Å². The van der Waals surface area contributed by atoms with E-state index >= 15 is 0 Å². The van der Waals surface area contributed by atoms with Crippen molar-refractivity contribution >= 4 is 0 Å². The fourth-order valence-corrected chi connectivity index (χ4v) is 1.46. The van der Waals surface area contributed by atoms with E-state index < -0.39 is 0 Å². The molecule has 0 saturated heterocycles. The van der Waals surface area contributed by atoms with Crippen LogP contribution in [-0.4, -0.2) is 9.85 Å². The molecule has 20 heavy (non-hydrogen) atoms. The molecule has 0 fully saturated rings. The van der Waals surface area contributed by atoms with Gasteiger partial charge >= 0.3 is 0 Å². The Morgan fingerprint density at radius 3 is 1.20 bits per heavy atom. The van der Waals surface area contributed by atoms with E-state index in [-0.39, 0.29) is 22.9 Å². The highest BCUT2D eigenvalue weighted by molar-refractivity contribution is 5.13. The molecular weight excluding hydrogens is 260 g/mol. The molecule has 0 saturated carbocycles. The van der Waals surface area contributed by atoms with Crippen molar-refractivity contribution in [3.05, 3.63) is 92.0 Å². The molecule has 104 valence electrons. The van der Waals surface area contributed by atoms with Crippen LogP contribution in [0, 0.1) is 20.2 Å². The predicted molar refractivity (Wildman–Crippen MR) is 74.3 cm³/mol. The third kappa shape index (κ3) is 6.85. The van der Waals surface area contributed by atoms with E-state index in [1.54, 1.807) is 48.5 Å². The number of nitro groups is 2. The lowest BCUT2D eigenvalue weighted by Crippen LogP contribution is -1.96. The quantitative estimate of drug-likeness (QED) is 0.633. The molecule has 2 rings (SSSR count). The molecule has 0 heterocycles. The molecule has 2 aromatic rings. The first-order valence-electron chi connectivity index (χ1n) is 5.89.